The van der Waals surface area contributed by atoms with E-state index in [1.54, 1.807) is 30.0 Å². The smallest absolute Gasteiger partial charge is 0.339 e. The fourth-order valence-electron chi connectivity index (χ4n) is 3.00. The summed E-state index contributed by atoms with van der Waals surface area (Å²) in [5, 5.41) is 11.3. The van der Waals surface area contributed by atoms with Gasteiger partial charge >= 0.3 is 5.97 Å². The van der Waals surface area contributed by atoms with Gasteiger partial charge in [-0.25, -0.2) is 4.79 Å². The van der Waals surface area contributed by atoms with E-state index >= 15 is 0 Å². The van der Waals surface area contributed by atoms with Crippen molar-refractivity contribution in [2.75, 3.05) is 11.1 Å². The van der Waals surface area contributed by atoms with E-state index in [2.05, 4.69) is 15.5 Å². The SMILES string of the molecule is CCSc1nnc(NC(=O)c2ccc3c(c2)CC(c2ccccc2)OC3=O)s1. The molecule has 2 aromatic carbocycles. The Labute approximate surface area is 170 Å². The van der Waals surface area contributed by atoms with Crippen molar-refractivity contribution in [1.82, 2.24) is 10.2 Å². The van der Waals surface area contributed by atoms with Gasteiger partial charge in [0.15, 0.2) is 4.34 Å². The third-order valence-electron chi connectivity index (χ3n) is 4.31. The zero-order chi connectivity index (χ0) is 19.5. The van der Waals surface area contributed by atoms with Crippen LogP contribution in [0.2, 0.25) is 0 Å². The zero-order valence-electron chi connectivity index (χ0n) is 15.0. The molecule has 1 N–H and O–H groups in total. The first kappa shape index (κ1) is 18.6. The second-order valence-corrected chi connectivity index (χ2v) is 8.63. The van der Waals surface area contributed by atoms with Crippen LogP contribution in [0.25, 0.3) is 0 Å². The van der Waals surface area contributed by atoms with E-state index in [-0.39, 0.29) is 18.0 Å². The number of anilines is 1. The molecule has 1 aliphatic rings. The average Bonchev–Trinajstić information content (AvgIpc) is 3.15. The molecule has 0 spiro atoms. The molecule has 0 radical (unpaired) electrons. The molecule has 1 aliphatic heterocycles. The van der Waals surface area contributed by atoms with Gasteiger partial charge in [-0.1, -0.05) is 60.4 Å². The van der Waals surface area contributed by atoms with Crippen molar-refractivity contribution in [3.05, 3.63) is 70.8 Å². The number of carbonyl (C=O) groups is 2. The van der Waals surface area contributed by atoms with Crippen LogP contribution in [0, 0.1) is 0 Å². The van der Waals surface area contributed by atoms with E-state index in [9.17, 15) is 9.59 Å². The molecule has 1 amide bonds. The number of hydrogen-bond acceptors (Lipinski definition) is 7. The highest BCUT2D eigenvalue weighted by Crippen LogP contribution is 2.31. The molecule has 1 atom stereocenters. The summed E-state index contributed by atoms with van der Waals surface area (Å²) in [4.78, 5) is 25.0. The molecule has 0 saturated heterocycles. The fourth-order valence-corrected chi connectivity index (χ4v) is 4.65. The predicted octanol–water partition coefficient (Wildman–Crippen LogP) is 4.36. The van der Waals surface area contributed by atoms with Crippen LogP contribution in [0.5, 0.6) is 0 Å². The Morgan fingerprint density at radius 3 is 2.86 bits per heavy atom. The summed E-state index contributed by atoms with van der Waals surface area (Å²) in [6.07, 6.45) is 0.179. The van der Waals surface area contributed by atoms with E-state index in [1.165, 1.54) is 11.3 Å². The Morgan fingerprint density at radius 1 is 1.25 bits per heavy atom. The Kier molecular flexibility index (Phi) is 5.40. The minimum atomic E-state index is -0.368. The van der Waals surface area contributed by atoms with E-state index in [4.69, 9.17) is 4.74 Å². The van der Waals surface area contributed by atoms with Crippen LogP contribution in [0.3, 0.4) is 0 Å². The lowest BCUT2D eigenvalue weighted by Gasteiger charge is -2.25. The highest BCUT2D eigenvalue weighted by atomic mass is 32.2. The number of nitrogens with zero attached hydrogens (tertiary/aromatic N) is 2. The van der Waals surface area contributed by atoms with Crippen molar-refractivity contribution in [3.8, 4) is 0 Å². The minimum Gasteiger partial charge on any atom is -0.454 e. The number of ether oxygens (including phenoxy) is 1. The molecule has 0 bridgehead atoms. The molecule has 142 valence electrons. The Balaban J connectivity index is 1.54. The number of amides is 1. The van der Waals surface area contributed by atoms with E-state index in [0.29, 0.717) is 22.7 Å². The number of esters is 1. The number of fused-ring (bicyclic) bond motifs is 1. The number of nitrogens with one attached hydrogen (secondary N) is 1. The van der Waals surface area contributed by atoms with E-state index in [0.717, 1.165) is 21.2 Å². The minimum absolute atomic E-state index is 0.276. The summed E-state index contributed by atoms with van der Waals surface area (Å²) in [6.45, 7) is 2.03. The molecule has 28 heavy (non-hydrogen) atoms. The zero-order valence-corrected chi connectivity index (χ0v) is 16.7. The summed E-state index contributed by atoms with van der Waals surface area (Å²) in [5.41, 5.74) is 2.71. The molecule has 4 rings (SSSR count). The third-order valence-corrected chi connectivity index (χ3v) is 6.16. The number of carbonyl (C=O) groups excluding carboxylic acids is 2. The van der Waals surface area contributed by atoms with Crippen molar-refractivity contribution in [1.29, 1.82) is 0 Å². The quantitative estimate of drug-likeness (QED) is 0.382. The second-order valence-electron chi connectivity index (χ2n) is 6.14. The van der Waals surface area contributed by atoms with Crippen molar-refractivity contribution < 1.29 is 14.3 Å². The van der Waals surface area contributed by atoms with Crippen molar-refractivity contribution in [2.45, 2.75) is 23.8 Å². The number of thioether (sulfide) groups is 1. The fraction of sp³-hybridized carbons (Fsp3) is 0.200. The molecule has 6 nitrogen and oxygen atoms in total. The molecule has 1 unspecified atom stereocenters. The average molecular weight is 412 g/mol. The van der Waals surface area contributed by atoms with E-state index < -0.39 is 0 Å². The van der Waals surface area contributed by atoms with Gasteiger partial charge in [0, 0.05) is 12.0 Å². The first-order valence-corrected chi connectivity index (χ1v) is 10.6. The van der Waals surface area contributed by atoms with E-state index in [1.807, 2.05) is 37.3 Å². The lowest BCUT2D eigenvalue weighted by molar-refractivity contribution is 0.0252. The van der Waals surface area contributed by atoms with Crippen LogP contribution in [0.15, 0.2) is 52.9 Å². The lowest BCUT2D eigenvalue weighted by atomic mass is 9.93. The number of cyclic esters (lactones) is 1. The Hall–Kier alpha value is -2.71. The Bertz CT molecular complexity index is 1020. The summed E-state index contributed by atoms with van der Waals surface area (Å²) >= 11 is 2.92. The number of hydrogen-bond donors (Lipinski definition) is 1. The normalized spacial score (nSPS) is 15.6. The van der Waals surface area contributed by atoms with Gasteiger partial charge in [-0.05, 0) is 35.1 Å². The molecule has 3 aromatic rings. The first-order chi connectivity index (χ1) is 13.6. The van der Waals surface area contributed by atoms with Crippen molar-refractivity contribution in [3.63, 3.8) is 0 Å². The summed E-state index contributed by atoms with van der Waals surface area (Å²) in [6, 6.07) is 14.6. The standard InChI is InChI=1S/C20H17N3O3S2/c1-2-27-20-23-22-19(28-20)21-17(24)13-8-9-15-14(10-13)11-16(26-18(15)25)12-6-4-3-5-7-12/h3-10,16H,2,11H2,1H3,(H,21,22,24). The highest BCUT2D eigenvalue weighted by Gasteiger charge is 2.28. The predicted molar refractivity (Wildman–Crippen MR) is 109 cm³/mol. The second kappa shape index (κ2) is 8.12. The molecular formula is C20H17N3O3S2. The van der Waals surface area contributed by atoms with Gasteiger partial charge in [0.25, 0.3) is 5.91 Å². The summed E-state index contributed by atoms with van der Waals surface area (Å²) in [5.74, 6) is 0.251. The summed E-state index contributed by atoms with van der Waals surface area (Å²) < 4.78 is 6.38. The monoisotopic (exact) mass is 411 g/mol. The van der Waals surface area contributed by atoms with Crippen molar-refractivity contribution >= 4 is 40.1 Å². The molecular weight excluding hydrogens is 394 g/mol. The van der Waals surface area contributed by atoms with Crippen LogP contribution in [0.1, 0.15) is 44.9 Å². The molecule has 0 aliphatic carbocycles. The molecule has 1 aromatic heterocycles. The van der Waals surface area contributed by atoms with Gasteiger partial charge < -0.3 is 4.74 Å². The molecule has 0 fully saturated rings. The van der Waals surface area contributed by atoms with Gasteiger partial charge in [-0.2, -0.15) is 0 Å². The topological polar surface area (TPSA) is 81.2 Å². The van der Waals surface area contributed by atoms with Gasteiger partial charge in [-0.15, -0.1) is 10.2 Å². The maximum absolute atomic E-state index is 12.6. The third kappa shape index (κ3) is 3.93. The highest BCUT2D eigenvalue weighted by molar-refractivity contribution is 8.01. The van der Waals surface area contributed by atoms with Gasteiger partial charge in [-0.3, -0.25) is 10.1 Å². The summed E-state index contributed by atoms with van der Waals surface area (Å²) in [7, 11) is 0. The number of aromatic nitrogens is 2. The number of rotatable bonds is 5. The van der Waals surface area contributed by atoms with Gasteiger partial charge in [0.1, 0.15) is 6.10 Å². The van der Waals surface area contributed by atoms with Crippen LogP contribution in [0.4, 0.5) is 5.13 Å². The molecule has 2 heterocycles. The van der Waals surface area contributed by atoms with Crippen LogP contribution < -0.4 is 5.32 Å². The van der Waals surface area contributed by atoms with Crippen LogP contribution >= 0.6 is 23.1 Å². The van der Waals surface area contributed by atoms with Crippen LogP contribution in [-0.2, 0) is 11.2 Å². The van der Waals surface area contributed by atoms with Crippen molar-refractivity contribution in [2.24, 2.45) is 0 Å². The molecule has 0 saturated carbocycles. The molecule has 8 heteroatoms. The number of benzene rings is 2. The van der Waals surface area contributed by atoms with Gasteiger partial charge in [0.2, 0.25) is 5.13 Å². The van der Waals surface area contributed by atoms with Gasteiger partial charge in [0.05, 0.1) is 5.56 Å². The largest absolute Gasteiger partial charge is 0.454 e. The lowest BCUT2D eigenvalue weighted by Crippen LogP contribution is -2.23. The maximum Gasteiger partial charge on any atom is 0.339 e. The Morgan fingerprint density at radius 2 is 2.07 bits per heavy atom. The van der Waals surface area contributed by atoms with Crippen LogP contribution in [-0.4, -0.2) is 27.8 Å². The maximum atomic E-state index is 12.6. The first-order valence-electron chi connectivity index (χ1n) is 8.80.